The number of piperidine rings is 1. The van der Waals surface area contributed by atoms with Gasteiger partial charge in [-0.05, 0) is 57.8 Å². The van der Waals surface area contributed by atoms with Crippen LogP contribution in [-0.4, -0.2) is 50.8 Å². The molecule has 2 rings (SSSR count). The molecule has 0 saturated carbocycles. The van der Waals surface area contributed by atoms with Crippen LogP contribution in [0.1, 0.15) is 32.6 Å². The van der Waals surface area contributed by atoms with E-state index in [0.717, 1.165) is 56.8 Å². The van der Waals surface area contributed by atoms with Crippen molar-refractivity contribution < 1.29 is 19.0 Å². The van der Waals surface area contributed by atoms with Gasteiger partial charge < -0.3 is 19.1 Å². The standard InChI is InChI=1S/C19H29NO4/c1-3-23-19(21)16-8-7-12-20(15-16)11-4-5-13-24-18-10-6-9-17(14-18)22-2/h6,9-10,14,16H,3-5,7-8,11-13,15H2,1-2H3/t16-/m1/s1. The number of benzene rings is 1. The summed E-state index contributed by atoms with van der Waals surface area (Å²) in [4.78, 5) is 14.2. The number of hydrogen-bond donors (Lipinski definition) is 0. The summed E-state index contributed by atoms with van der Waals surface area (Å²) in [6.07, 6.45) is 4.09. The minimum atomic E-state index is -0.0384. The molecule has 1 heterocycles. The lowest BCUT2D eigenvalue weighted by atomic mass is 9.98. The summed E-state index contributed by atoms with van der Waals surface area (Å²) in [7, 11) is 1.65. The molecule has 0 radical (unpaired) electrons. The Balaban J connectivity index is 1.62. The molecule has 1 aromatic carbocycles. The molecule has 1 saturated heterocycles. The first kappa shape index (κ1) is 18.6. The zero-order chi connectivity index (χ0) is 17.2. The first-order valence-corrected chi connectivity index (χ1v) is 8.88. The third-order valence-electron chi connectivity index (χ3n) is 4.30. The number of ether oxygens (including phenoxy) is 3. The Kier molecular flexibility index (Phi) is 7.89. The average molecular weight is 335 g/mol. The fourth-order valence-electron chi connectivity index (χ4n) is 3.03. The van der Waals surface area contributed by atoms with E-state index in [1.807, 2.05) is 31.2 Å². The number of carbonyl (C=O) groups is 1. The van der Waals surface area contributed by atoms with E-state index in [1.165, 1.54) is 0 Å². The fourth-order valence-corrected chi connectivity index (χ4v) is 3.03. The van der Waals surface area contributed by atoms with E-state index < -0.39 is 0 Å². The van der Waals surface area contributed by atoms with Crippen LogP contribution in [0.5, 0.6) is 11.5 Å². The second-order valence-corrected chi connectivity index (χ2v) is 6.13. The van der Waals surface area contributed by atoms with Gasteiger partial charge in [-0.15, -0.1) is 0 Å². The summed E-state index contributed by atoms with van der Waals surface area (Å²) < 4.78 is 16.1. The average Bonchev–Trinajstić information content (AvgIpc) is 2.62. The molecule has 1 aliphatic heterocycles. The highest BCUT2D eigenvalue weighted by Gasteiger charge is 2.26. The monoisotopic (exact) mass is 335 g/mol. The van der Waals surface area contributed by atoms with Gasteiger partial charge in [-0.1, -0.05) is 6.07 Å². The van der Waals surface area contributed by atoms with Crippen molar-refractivity contribution in [3.63, 3.8) is 0 Å². The van der Waals surface area contributed by atoms with Crippen LogP contribution in [0, 0.1) is 5.92 Å². The van der Waals surface area contributed by atoms with Crippen LogP contribution in [0.15, 0.2) is 24.3 Å². The Bertz CT molecular complexity index is 506. The van der Waals surface area contributed by atoms with E-state index in [0.29, 0.717) is 13.2 Å². The van der Waals surface area contributed by atoms with Crippen LogP contribution in [0.4, 0.5) is 0 Å². The molecule has 0 spiro atoms. The zero-order valence-electron chi connectivity index (χ0n) is 14.8. The minimum Gasteiger partial charge on any atom is -0.497 e. The number of carbonyl (C=O) groups excluding carboxylic acids is 1. The number of hydrogen-bond acceptors (Lipinski definition) is 5. The molecular formula is C19H29NO4. The molecule has 1 atom stereocenters. The smallest absolute Gasteiger partial charge is 0.310 e. The second-order valence-electron chi connectivity index (χ2n) is 6.13. The van der Waals surface area contributed by atoms with Gasteiger partial charge in [0.1, 0.15) is 11.5 Å². The molecule has 5 nitrogen and oxygen atoms in total. The van der Waals surface area contributed by atoms with Crippen molar-refractivity contribution >= 4 is 5.97 Å². The van der Waals surface area contributed by atoms with Crippen LogP contribution in [0.2, 0.25) is 0 Å². The molecule has 0 N–H and O–H groups in total. The highest BCUT2D eigenvalue weighted by Crippen LogP contribution is 2.20. The third-order valence-corrected chi connectivity index (χ3v) is 4.30. The molecule has 0 aliphatic carbocycles. The lowest BCUT2D eigenvalue weighted by Crippen LogP contribution is -2.39. The van der Waals surface area contributed by atoms with Crippen LogP contribution < -0.4 is 9.47 Å². The maximum atomic E-state index is 11.8. The summed E-state index contributed by atoms with van der Waals surface area (Å²) in [5.41, 5.74) is 0. The van der Waals surface area contributed by atoms with Crippen LogP contribution in [-0.2, 0) is 9.53 Å². The number of rotatable bonds is 9. The van der Waals surface area contributed by atoms with Crippen molar-refractivity contribution in [2.45, 2.75) is 32.6 Å². The van der Waals surface area contributed by atoms with Crippen molar-refractivity contribution in [2.24, 2.45) is 5.92 Å². The van der Waals surface area contributed by atoms with Gasteiger partial charge in [0.15, 0.2) is 0 Å². The van der Waals surface area contributed by atoms with Crippen LogP contribution in [0.25, 0.3) is 0 Å². The van der Waals surface area contributed by atoms with E-state index in [4.69, 9.17) is 14.2 Å². The Morgan fingerprint density at radius 1 is 1.29 bits per heavy atom. The molecule has 1 fully saturated rings. The normalized spacial score (nSPS) is 18.2. The molecule has 0 aromatic heterocycles. The molecule has 0 amide bonds. The summed E-state index contributed by atoms with van der Waals surface area (Å²) in [6.45, 7) is 5.94. The maximum absolute atomic E-state index is 11.8. The zero-order valence-corrected chi connectivity index (χ0v) is 14.8. The predicted octanol–water partition coefficient (Wildman–Crippen LogP) is 3.13. The lowest BCUT2D eigenvalue weighted by molar-refractivity contribution is -0.149. The fraction of sp³-hybridized carbons (Fsp3) is 0.632. The summed E-state index contributed by atoms with van der Waals surface area (Å²) in [6, 6.07) is 7.67. The summed E-state index contributed by atoms with van der Waals surface area (Å²) >= 11 is 0. The van der Waals surface area contributed by atoms with Crippen molar-refractivity contribution in [1.29, 1.82) is 0 Å². The quantitative estimate of drug-likeness (QED) is 0.512. The van der Waals surface area contributed by atoms with Gasteiger partial charge in [0, 0.05) is 12.6 Å². The minimum absolute atomic E-state index is 0.0384. The molecule has 5 heteroatoms. The van der Waals surface area contributed by atoms with Gasteiger partial charge in [0.2, 0.25) is 0 Å². The van der Waals surface area contributed by atoms with Gasteiger partial charge in [-0.2, -0.15) is 0 Å². The Morgan fingerprint density at radius 3 is 2.92 bits per heavy atom. The first-order valence-electron chi connectivity index (χ1n) is 8.88. The van der Waals surface area contributed by atoms with Gasteiger partial charge >= 0.3 is 5.97 Å². The molecule has 0 unspecified atom stereocenters. The van der Waals surface area contributed by atoms with Crippen LogP contribution >= 0.6 is 0 Å². The predicted molar refractivity (Wildman–Crippen MR) is 93.5 cm³/mol. The summed E-state index contributed by atoms with van der Waals surface area (Å²) in [5, 5.41) is 0. The van der Waals surface area contributed by atoms with Gasteiger partial charge in [0.05, 0.1) is 26.2 Å². The molecule has 1 aromatic rings. The number of esters is 1. The molecule has 24 heavy (non-hydrogen) atoms. The second kappa shape index (κ2) is 10.2. The maximum Gasteiger partial charge on any atom is 0.310 e. The molecule has 1 aliphatic rings. The SMILES string of the molecule is CCOC(=O)[C@@H]1CCCN(CCCCOc2cccc(OC)c2)C1. The van der Waals surface area contributed by atoms with Gasteiger partial charge in [-0.3, -0.25) is 4.79 Å². The number of nitrogens with zero attached hydrogens (tertiary/aromatic N) is 1. The van der Waals surface area contributed by atoms with E-state index >= 15 is 0 Å². The summed E-state index contributed by atoms with van der Waals surface area (Å²) in [5.74, 6) is 1.66. The molecule has 134 valence electrons. The number of unbranched alkanes of at least 4 members (excludes halogenated alkanes) is 1. The van der Waals surface area contributed by atoms with E-state index in [-0.39, 0.29) is 11.9 Å². The third kappa shape index (κ3) is 6.04. The molecular weight excluding hydrogens is 306 g/mol. The van der Waals surface area contributed by atoms with E-state index in [2.05, 4.69) is 4.90 Å². The van der Waals surface area contributed by atoms with Gasteiger partial charge in [0.25, 0.3) is 0 Å². The van der Waals surface area contributed by atoms with Crippen molar-refractivity contribution in [3.8, 4) is 11.5 Å². The van der Waals surface area contributed by atoms with E-state index in [1.54, 1.807) is 7.11 Å². The first-order chi connectivity index (χ1) is 11.7. The number of methoxy groups -OCH3 is 1. The lowest BCUT2D eigenvalue weighted by Gasteiger charge is -2.31. The Hall–Kier alpha value is -1.75. The van der Waals surface area contributed by atoms with Crippen molar-refractivity contribution in [2.75, 3.05) is 40.0 Å². The molecule has 0 bridgehead atoms. The Morgan fingerprint density at radius 2 is 2.12 bits per heavy atom. The largest absolute Gasteiger partial charge is 0.497 e. The number of likely N-dealkylation sites (tertiary alicyclic amines) is 1. The van der Waals surface area contributed by atoms with Crippen molar-refractivity contribution in [3.05, 3.63) is 24.3 Å². The van der Waals surface area contributed by atoms with E-state index in [9.17, 15) is 4.79 Å². The highest BCUT2D eigenvalue weighted by atomic mass is 16.5. The highest BCUT2D eigenvalue weighted by molar-refractivity contribution is 5.72. The van der Waals surface area contributed by atoms with Gasteiger partial charge in [-0.25, -0.2) is 0 Å². The van der Waals surface area contributed by atoms with Crippen molar-refractivity contribution in [1.82, 2.24) is 4.90 Å². The topological polar surface area (TPSA) is 48.0 Å². The van der Waals surface area contributed by atoms with Crippen LogP contribution in [0.3, 0.4) is 0 Å². The Labute approximate surface area is 144 Å².